The number of rotatable bonds is 2. The van der Waals surface area contributed by atoms with E-state index in [1.54, 1.807) is 0 Å². The van der Waals surface area contributed by atoms with Gasteiger partial charge in [-0.3, -0.25) is 4.79 Å². The summed E-state index contributed by atoms with van der Waals surface area (Å²) in [7, 11) is 0. The Morgan fingerprint density at radius 2 is 2.32 bits per heavy atom. The predicted molar refractivity (Wildman–Crippen MR) is 84.7 cm³/mol. The van der Waals surface area contributed by atoms with Crippen molar-refractivity contribution in [3.05, 3.63) is 33.4 Å². The molecule has 1 aliphatic heterocycles. The Balaban J connectivity index is 2.18. The summed E-state index contributed by atoms with van der Waals surface area (Å²) in [5, 5.41) is 0. The Kier molecular flexibility index (Phi) is 4.74. The van der Waals surface area contributed by atoms with Gasteiger partial charge < -0.3 is 9.64 Å². The van der Waals surface area contributed by atoms with E-state index in [1.165, 1.54) is 0 Å². The van der Waals surface area contributed by atoms with Gasteiger partial charge in [-0.25, -0.2) is 0 Å². The van der Waals surface area contributed by atoms with Crippen LogP contribution in [-0.2, 0) is 4.74 Å². The molecule has 3 nitrogen and oxygen atoms in total. The molecule has 5 heteroatoms. The van der Waals surface area contributed by atoms with Crippen molar-refractivity contribution < 1.29 is 9.53 Å². The van der Waals surface area contributed by atoms with Crippen LogP contribution in [0.1, 0.15) is 24.2 Å². The van der Waals surface area contributed by atoms with Crippen molar-refractivity contribution >= 4 is 40.1 Å². The highest BCUT2D eigenvalue weighted by Crippen LogP contribution is 2.23. The number of morpholine rings is 1. The Labute approximate surface area is 132 Å². The van der Waals surface area contributed by atoms with Crippen molar-refractivity contribution in [3.63, 3.8) is 0 Å². The lowest BCUT2D eigenvalue weighted by molar-refractivity contribution is -0.117. The lowest BCUT2D eigenvalue weighted by Crippen LogP contribution is -2.55. The van der Waals surface area contributed by atoms with E-state index in [9.17, 15) is 4.79 Å². The summed E-state index contributed by atoms with van der Waals surface area (Å²) in [4.78, 5) is 14.4. The largest absolute Gasteiger partial charge is 0.367 e. The molecule has 1 aliphatic rings. The third-order valence-corrected chi connectivity index (χ3v) is 4.03. The van der Waals surface area contributed by atoms with Gasteiger partial charge in [-0.2, -0.15) is 0 Å². The Morgan fingerprint density at radius 3 is 2.95 bits per heavy atom. The van der Waals surface area contributed by atoms with Crippen molar-refractivity contribution in [1.29, 1.82) is 0 Å². The SMILES string of the molecule is CC1(C)CN(C(=O)c2cccc(I)c2)CC(CCl)O1. The predicted octanol–water partition coefficient (Wildman–Crippen LogP) is 3.15. The topological polar surface area (TPSA) is 29.5 Å². The van der Waals surface area contributed by atoms with Crippen LogP contribution in [0.5, 0.6) is 0 Å². The number of hydrogen-bond acceptors (Lipinski definition) is 2. The molecule has 1 aromatic carbocycles. The first-order chi connectivity index (χ1) is 8.91. The molecule has 0 aromatic heterocycles. The molecule has 1 aromatic rings. The molecule has 0 bridgehead atoms. The van der Waals surface area contributed by atoms with E-state index in [-0.39, 0.29) is 17.6 Å². The van der Waals surface area contributed by atoms with E-state index in [2.05, 4.69) is 22.6 Å². The highest BCUT2D eigenvalue weighted by Gasteiger charge is 2.35. The lowest BCUT2D eigenvalue weighted by atomic mass is 10.0. The van der Waals surface area contributed by atoms with Gasteiger partial charge in [-0.05, 0) is 54.6 Å². The van der Waals surface area contributed by atoms with Crippen molar-refractivity contribution in [2.75, 3.05) is 19.0 Å². The normalized spacial score (nSPS) is 22.3. The van der Waals surface area contributed by atoms with Crippen LogP contribution in [-0.4, -0.2) is 41.5 Å². The van der Waals surface area contributed by atoms with Crippen LogP contribution in [0.3, 0.4) is 0 Å². The number of amides is 1. The standard InChI is InChI=1S/C14H17ClINO2/c1-14(2)9-17(8-12(7-15)19-14)13(18)10-4-3-5-11(16)6-10/h3-6,12H,7-9H2,1-2H3. The molecule has 1 saturated heterocycles. The molecule has 1 amide bonds. The summed E-state index contributed by atoms with van der Waals surface area (Å²) in [5.74, 6) is 0.449. The minimum atomic E-state index is -0.352. The molecule has 0 aliphatic carbocycles. The zero-order chi connectivity index (χ0) is 14.0. The van der Waals surface area contributed by atoms with Gasteiger partial charge in [0.2, 0.25) is 0 Å². The number of benzene rings is 1. The van der Waals surface area contributed by atoms with E-state index in [0.29, 0.717) is 19.0 Å². The summed E-state index contributed by atoms with van der Waals surface area (Å²) in [6.07, 6.45) is -0.0999. The monoisotopic (exact) mass is 393 g/mol. The summed E-state index contributed by atoms with van der Waals surface area (Å²) in [5.41, 5.74) is 0.369. The number of ether oxygens (including phenoxy) is 1. The smallest absolute Gasteiger partial charge is 0.254 e. The van der Waals surface area contributed by atoms with Crippen LogP contribution in [0.4, 0.5) is 0 Å². The second-order valence-corrected chi connectivity index (χ2v) is 6.90. The molecule has 19 heavy (non-hydrogen) atoms. The fraction of sp³-hybridized carbons (Fsp3) is 0.500. The molecular formula is C14H17ClINO2. The maximum atomic E-state index is 12.5. The third kappa shape index (κ3) is 3.83. The number of carbonyl (C=O) groups is 1. The van der Waals surface area contributed by atoms with Gasteiger partial charge in [0.1, 0.15) is 0 Å². The second-order valence-electron chi connectivity index (χ2n) is 5.35. The second kappa shape index (κ2) is 5.97. The van der Waals surface area contributed by atoms with E-state index in [4.69, 9.17) is 16.3 Å². The maximum Gasteiger partial charge on any atom is 0.254 e. The number of hydrogen-bond donors (Lipinski definition) is 0. The van der Waals surface area contributed by atoms with Gasteiger partial charge in [-0.1, -0.05) is 6.07 Å². The van der Waals surface area contributed by atoms with Crippen molar-refractivity contribution in [1.82, 2.24) is 4.90 Å². The number of halogens is 2. The van der Waals surface area contributed by atoms with Crippen LogP contribution in [0.2, 0.25) is 0 Å². The molecule has 1 fully saturated rings. The molecule has 104 valence electrons. The summed E-state index contributed by atoms with van der Waals surface area (Å²) in [6, 6.07) is 7.63. The third-order valence-electron chi connectivity index (χ3n) is 3.01. The fourth-order valence-corrected chi connectivity index (χ4v) is 3.04. The summed E-state index contributed by atoms with van der Waals surface area (Å²) in [6.45, 7) is 5.11. The minimum Gasteiger partial charge on any atom is -0.367 e. The Morgan fingerprint density at radius 1 is 1.58 bits per heavy atom. The average molecular weight is 394 g/mol. The highest BCUT2D eigenvalue weighted by molar-refractivity contribution is 14.1. The van der Waals surface area contributed by atoms with Gasteiger partial charge in [0, 0.05) is 22.2 Å². The van der Waals surface area contributed by atoms with E-state index in [0.717, 1.165) is 9.13 Å². The molecule has 0 spiro atoms. The zero-order valence-electron chi connectivity index (χ0n) is 11.0. The van der Waals surface area contributed by atoms with Crippen molar-refractivity contribution in [2.24, 2.45) is 0 Å². The van der Waals surface area contributed by atoms with E-state index < -0.39 is 0 Å². The van der Waals surface area contributed by atoms with Crippen molar-refractivity contribution in [3.8, 4) is 0 Å². The molecular weight excluding hydrogens is 377 g/mol. The van der Waals surface area contributed by atoms with Crippen LogP contribution in [0, 0.1) is 3.57 Å². The fourth-order valence-electron chi connectivity index (χ4n) is 2.33. The van der Waals surface area contributed by atoms with Gasteiger partial charge in [0.05, 0.1) is 17.6 Å². The molecule has 2 rings (SSSR count). The average Bonchev–Trinajstić information content (AvgIpc) is 2.36. The van der Waals surface area contributed by atoms with Crippen LogP contribution in [0.25, 0.3) is 0 Å². The molecule has 0 N–H and O–H groups in total. The Bertz CT molecular complexity index is 478. The molecule has 1 unspecified atom stereocenters. The lowest BCUT2D eigenvalue weighted by Gasteiger charge is -2.42. The number of nitrogens with zero attached hydrogens (tertiary/aromatic N) is 1. The van der Waals surface area contributed by atoms with E-state index in [1.807, 2.05) is 43.0 Å². The highest BCUT2D eigenvalue weighted by atomic mass is 127. The van der Waals surface area contributed by atoms with Crippen LogP contribution < -0.4 is 0 Å². The minimum absolute atomic E-state index is 0.0463. The zero-order valence-corrected chi connectivity index (χ0v) is 13.9. The van der Waals surface area contributed by atoms with Gasteiger partial charge in [-0.15, -0.1) is 11.6 Å². The number of carbonyl (C=O) groups excluding carboxylic acids is 1. The quantitative estimate of drug-likeness (QED) is 0.571. The molecule has 1 atom stereocenters. The Hall–Kier alpha value is -0.330. The van der Waals surface area contributed by atoms with Gasteiger partial charge >= 0.3 is 0 Å². The van der Waals surface area contributed by atoms with Crippen LogP contribution >= 0.6 is 34.2 Å². The first-order valence-electron chi connectivity index (χ1n) is 6.20. The molecule has 0 radical (unpaired) electrons. The maximum absolute atomic E-state index is 12.5. The number of alkyl halides is 1. The van der Waals surface area contributed by atoms with Crippen molar-refractivity contribution in [2.45, 2.75) is 25.6 Å². The van der Waals surface area contributed by atoms with Crippen LogP contribution in [0.15, 0.2) is 24.3 Å². The van der Waals surface area contributed by atoms with Gasteiger partial charge in [0.15, 0.2) is 0 Å². The first kappa shape index (κ1) is 15.1. The summed E-state index contributed by atoms with van der Waals surface area (Å²) < 4.78 is 6.90. The van der Waals surface area contributed by atoms with Gasteiger partial charge in [0.25, 0.3) is 5.91 Å². The summed E-state index contributed by atoms with van der Waals surface area (Å²) >= 11 is 8.10. The van der Waals surface area contributed by atoms with E-state index >= 15 is 0 Å². The first-order valence-corrected chi connectivity index (χ1v) is 7.81. The molecule has 0 saturated carbocycles. The molecule has 1 heterocycles.